The van der Waals surface area contributed by atoms with Gasteiger partial charge < -0.3 is 16.0 Å². The molecule has 0 spiro atoms. The maximum absolute atomic E-state index is 13.1. The van der Waals surface area contributed by atoms with E-state index >= 15 is 0 Å². The molecule has 3 N–H and O–H groups in total. The maximum Gasteiger partial charge on any atom is 0.255 e. The van der Waals surface area contributed by atoms with Crippen LogP contribution in [-0.2, 0) is 4.79 Å². The normalized spacial score (nSPS) is 16.8. The van der Waals surface area contributed by atoms with Crippen LogP contribution in [0.1, 0.15) is 18.5 Å². The summed E-state index contributed by atoms with van der Waals surface area (Å²) in [6, 6.07) is 10.0. The number of rotatable bonds is 3. The van der Waals surface area contributed by atoms with Gasteiger partial charge in [0, 0.05) is 21.4 Å². The lowest BCUT2D eigenvalue weighted by atomic mass is 9.95. The van der Waals surface area contributed by atoms with Gasteiger partial charge in [0.05, 0.1) is 11.6 Å². The van der Waals surface area contributed by atoms with Gasteiger partial charge >= 0.3 is 0 Å². The highest BCUT2D eigenvalue weighted by Gasteiger charge is 2.31. The Bertz CT molecular complexity index is 915. The summed E-state index contributed by atoms with van der Waals surface area (Å²) in [5, 5.41) is 10.1. The lowest BCUT2D eigenvalue weighted by molar-refractivity contribution is -0.113. The number of thiocarbonyl (C=S) groups is 1. The highest BCUT2D eigenvalue weighted by Crippen LogP contribution is 2.33. The molecule has 8 heteroatoms. The number of benzene rings is 2. The van der Waals surface area contributed by atoms with Crippen molar-refractivity contribution >= 4 is 52.1 Å². The van der Waals surface area contributed by atoms with Gasteiger partial charge in [0.1, 0.15) is 5.82 Å². The summed E-state index contributed by atoms with van der Waals surface area (Å²) in [6.45, 7) is 1.75. The molecule has 1 amide bonds. The van der Waals surface area contributed by atoms with Crippen molar-refractivity contribution in [3.63, 3.8) is 0 Å². The zero-order valence-electron chi connectivity index (χ0n) is 13.6. The fourth-order valence-electron chi connectivity index (χ4n) is 2.70. The van der Waals surface area contributed by atoms with E-state index in [-0.39, 0.29) is 11.7 Å². The van der Waals surface area contributed by atoms with Crippen LogP contribution in [0.2, 0.25) is 10.0 Å². The van der Waals surface area contributed by atoms with Crippen molar-refractivity contribution in [2.75, 3.05) is 5.32 Å². The van der Waals surface area contributed by atoms with Gasteiger partial charge in [-0.1, -0.05) is 29.3 Å². The van der Waals surface area contributed by atoms with Crippen molar-refractivity contribution in [2.24, 2.45) is 0 Å². The monoisotopic (exact) mass is 409 g/mol. The number of carbonyl (C=O) groups is 1. The van der Waals surface area contributed by atoms with Gasteiger partial charge in [0.2, 0.25) is 0 Å². The highest BCUT2D eigenvalue weighted by atomic mass is 35.5. The molecular weight excluding hydrogens is 396 g/mol. The number of allylic oxidation sites excluding steroid dienone is 1. The number of carbonyl (C=O) groups excluding carboxylic acids is 1. The van der Waals surface area contributed by atoms with Gasteiger partial charge in [-0.3, -0.25) is 4.79 Å². The molecule has 0 radical (unpaired) electrons. The molecule has 1 heterocycles. The van der Waals surface area contributed by atoms with Crippen LogP contribution in [-0.4, -0.2) is 11.0 Å². The van der Waals surface area contributed by atoms with Crippen molar-refractivity contribution in [1.29, 1.82) is 0 Å². The molecule has 1 aliphatic rings. The second-order valence-electron chi connectivity index (χ2n) is 5.70. The second kappa shape index (κ2) is 7.61. The topological polar surface area (TPSA) is 53.2 Å². The molecule has 1 atom stereocenters. The van der Waals surface area contributed by atoms with Crippen molar-refractivity contribution in [3.8, 4) is 0 Å². The van der Waals surface area contributed by atoms with Gasteiger partial charge in [-0.05, 0) is 61.1 Å². The summed E-state index contributed by atoms with van der Waals surface area (Å²) in [5.74, 6) is -0.733. The van der Waals surface area contributed by atoms with Crippen LogP contribution in [0.5, 0.6) is 0 Å². The predicted octanol–water partition coefficient (Wildman–Crippen LogP) is 4.56. The van der Waals surface area contributed by atoms with Crippen molar-refractivity contribution in [3.05, 3.63) is 75.2 Å². The summed E-state index contributed by atoms with van der Waals surface area (Å²) >= 11 is 17.5. The second-order valence-corrected chi connectivity index (χ2v) is 6.95. The lowest BCUT2D eigenvalue weighted by Gasteiger charge is -2.31. The molecule has 0 bridgehead atoms. The largest absolute Gasteiger partial charge is 0.351 e. The number of halogens is 3. The third kappa shape index (κ3) is 3.98. The molecule has 134 valence electrons. The van der Waals surface area contributed by atoms with Crippen LogP contribution < -0.4 is 16.0 Å². The Labute approximate surface area is 165 Å². The first kappa shape index (κ1) is 18.6. The predicted molar refractivity (Wildman–Crippen MR) is 106 cm³/mol. The molecule has 0 unspecified atom stereocenters. The van der Waals surface area contributed by atoms with E-state index in [4.69, 9.17) is 35.4 Å². The lowest BCUT2D eigenvalue weighted by Crippen LogP contribution is -2.45. The fourth-order valence-corrected chi connectivity index (χ4v) is 3.48. The van der Waals surface area contributed by atoms with Crippen LogP contribution in [0.15, 0.2) is 53.7 Å². The van der Waals surface area contributed by atoms with E-state index in [1.165, 1.54) is 24.3 Å². The quantitative estimate of drug-likeness (QED) is 0.650. The highest BCUT2D eigenvalue weighted by molar-refractivity contribution is 7.80. The van der Waals surface area contributed by atoms with Crippen LogP contribution in [0.25, 0.3) is 0 Å². The van der Waals surface area contributed by atoms with Gasteiger partial charge in [-0.2, -0.15) is 0 Å². The van der Waals surface area contributed by atoms with Gasteiger partial charge in [0.15, 0.2) is 5.11 Å². The third-order valence-electron chi connectivity index (χ3n) is 3.89. The summed E-state index contributed by atoms with van der Waals surface area (Å²) in [4.78, 5) is 12.9. The summed E-state index contributed by atoms with van der Waals surface area (Å²) in [6.07, 6.45) is 0. The first-order chi connectivity index (χ1) is 12.3. The van der Waals surface area contributed by atoms with Crippen molar-refractivity contribution in [1.82, 2.24) is 10.6 Å². The van der Waals surface area contributed by atoms with E-state index < -0.39 is 6.04 Å². The first-order valence-corrected chi connectivity index (χ1v) is 8.81. The molecule has 0 saturated carbocycles. The van der Waals surface area contributed by atoms with E-state index in [2.05, 4.69) is 16.0 Å². The SMILES string of the molecule is CC1=C(C(=O)Nc2ccc(F)cc2)[C@@H](c2ccc(Cl)cc2Cl)NC(=S)N1. The third-order valence-corrected chi connectivity index (χ3v) is 4.67. The van der Waals surface area contributed by atoms with E-state index in [0.717, 1.165) is 0 Å². The fraction of sp³-hybridized carbons (Fsp3) is 0.111. The number of hydrogen-bond donors (Lipinski definition) is 3. The van der Waals surface area contributed by atoms with E-state index in [1.807, 2.05) is 0 Å². The number of anilines is 1. The first-order valence-electron chi connectivity index (χ1n) is 7.65. The molecule has 0 saturated heterocycles. The zero-order chi connectivity index (χ0) is 18.8. The molecule has 4 nitrogen and oxygen atoms in total. The molecule has 2 aromatic rings. The minimum Gasteiger partial charge on any atom is -0.351 e. The van der Waals surface area contributed by atoms with Crippen molar-refractivity contribution < 1.29 is 9.18 Å². The number of nitrogens with one attached hydrogen (secondary N) is 3. The van der Waals surface area contributed by atoms with Crippen LogP contribution in [0.3, 0.4) is 0 Å². The Kier molecular flexibility index (Phi) is 5.46. The summed E-state index contributed by atoms with van der Waals surface area (Å²) in [5.41, 5.74) is 2.17. The Morgan fingerprint density at radius 1 is 1.19 bits per heavy atom. The van der Waals surface area contributed by atoms with E-state index in [0.29, 0.717) is 37.7 Å². The molecule has 2 aromatic carbocycles. The van der Waals surface area contributed by atoms with Crippen molar-refractivity contribution in [2.45, 2.75) is 13.0 Å². The Morgan fingerprint density at radius 2 is 1.88 bits per heavy atom. The summed E-state index contributed by atoms with van der Waals surface area (Å²) < 4.78 is 13.1. The Morgan fingerprint density at radius 3 is 2.54 bits per heavy atom. The molecule has 0 aromatic heterocycles. The standard InChI is InChI=1S/C18H14Cl2FN3OS/c1-9-15(17(25)23-12-5-3-11(21)4-6-12)16(24-18(26)22-9)13-7-2-10(19)8-14(13)20/h2-8,16H,1H3,(H,23,25)(H2,22,24,26)/t16-/m1/s1. The van der Waals surface area contributed by atoms with Crippen LogP contribution in [0.4, 0.5) is 10.1 Å². The Hall–Kier alpha value is -2.15. The Balaban J connectivity index is 1.97. The summed E-state index contributed by atoms with van der Waals surface area (Å²) in [7, 11) is 0. The van der Waals surface area contributed by atoms with Crippen LogP contribution >= 0.6 is 35.4 Å². The molecule has 26 heavy (non-hydrogen) atoms. The van der Waals surface area contributed by atoms with Gasteiger partial charge in [-0.25, -0.2) is 4.39 Å². The molecule has 0 fully saturated rings. The number of hydrogen-bond acceptors (Lipinski definition) is 2. The smallest absolute Gasteiger partial charge is 0.255 e. The van der Waals surface area contributed by atoms with Gasteiger partial charge in [-0.15, -0.1) is 0 Å². The maximum atomic E-state index is 13.1. The molecule has 1 aliphatic heterocycles. The molecular formula is C18H14Cl2FN3OS. The van der Waals surface area contributed by atoms with E-state index in [1.54, 1.807) is 25.1 Å². The minimum absolute atomic E-state index is 0.354. The van der Waals surface area contributed by atoms with E-state index in [9.17, 15) is 9.18 Å². The number of amides is 1. The molecule has 0 aliphatic carbocycles. The van der Waals surface area contributed by atoms with Gasteiger partial charge in [0.25, 0.3) is 5.91 Å². The average molecular weight is 410 g/mol. The molecule has 3 rings (SSSR count). The van der Waals surface area contributed by atoms with Crippen LogP contribution in [0, 0.1) is 5.82 Å². The minimum atomic E-state index is -0.547. The average Bonchev–Trinajstić information content (AvgIpc) is 2.56. The zero-order valence-corrected chi connectivity index (χ0v) is 15.9.